The summed E-state index contributed by atoms with van der Waals surface area (Å²) >= 11 is 0. The summed E-state index contributed by atoms with van der Waals surface area (Å²) in [5.41, 5.74) is 1.40. The number of piperidine rings is 1. The molecule has 1 N–H and O–H groups in total. The Balaban J connectivity index is 1.42. The molecule has 2 heterocycles. The summed E-state index contributed by atoms with van der Waals surface area (Å²) < 4.78 is 38.9. The Kier molecular flexibility index (Phi) is 7.15. The van der Waals surface area contributed by atoms with Gasteiger partial charge in [0.2, 0.25) is 15.9 Å². The van der Waals surface area contributed by atoms with Crippen LogP contribution in [0.4, 0.5) is 5.69 Å². The molecule has 7 nitrogen and oxygen atoms in total. The van der Waals surface area contributed by atoms with E-state index in [0.29, 0.717) is 31.0 Å². The number of methoxy groups -OCH3 is 1. The van der Waals surface area contributed by atoms with E-state index >= 15 is 0 Å². The second-order valence-electron chi connectivity index (χ2n) is 8.01. The molecule has 0 radical (unpaired) electrons. The first kappa shape index (κ1) is 23.1. The van der Waals surface area contributed by atoms with E-state index in [1.807, 2.05) is 42.5 Å². The number of benzene rings is 2. The summed E-state index contributed by atoms with van der Waals surface area (Å²) in [4.78, 5) is 12.6. The summed E-state index contributed by atoms with van der Waals surface area (Å²) in [5, 5.41) is 2.80. The lowest BCUT2D eigenvalue weighted by Crippen LogP contribution is -2.35. The van der Waals surface area contributed by atoms with Gasteiger partial charge in [0.1, 0.15) is 22.2 Å². The van der Waals surface area contributed by atoms with E-state index < -0.39 is 10.0 Å². The molecule has 1 aliphatic rings. The van der Waals surface area contributed by atoms with E-state index in [-0.39, 0.29) is 23.0 Å². The molecule has 33 heavy (non-hydrogen) atoms. The van der Waals surface area contributed by atoms with Crippen LogP contribution in [0.5, 0.6) is 5.75 Å². The van der Waals surface area contributed by atoms with Crippen molar-refractivity contribution in [2.75, 3.05) is 25.5 Å². The van der Waals surface area contributed by atoms with Gasteiger partial charge in [-0.15, -0.1) is 0 Å². The van der Waals surface area contributed by atoms with Crippen molar-refractivity contribution in [3.63, 3.8) is 0 Å². The van der Waals surface area contributed by atoms with Crippen LogP contribution in [0.1, 0.15) is 31.4 Å². The van der Waals surface area contributed by atoms with Crippen molar-refractivity contribution in [1.82, 2.24) is 4.31 Å². The van der Waals surface area contributed by atoms with Crippen LogP contribution in [-0.4, -0.2) is 38.8 Å². The number of amides is 1. The van der Waals surface area contributed by atoms with Crippen LogP contribution < -0.4 is 10.1 Å². The van der Waals surface area contributed by atoms with Crippen molar-refractivity contribution < 1.29 is 22.4 Å². The van der Waals surface area contributed by atoms with E-state index in [2.05, 4.69) is 5.32 Å². The standard InChI is InChI=1S/C25H28N2O5S/c1-31-23-13-10-20(18-24(23)33(29,30)27-16-6-3-7-17-27)26-25(28)15-12-21-11-14-22(32-21)19-8-4-2-5-9-19/h2,4-5,8-11,13-14,18H,3,6-7,12,15-17H2,1H3,(H,26,28). The number of furan rings is 1. The Hall–Kier alpha value is -3.10. The molecule has 2 aromatic carbocycles. The molecule has 3 aromatic rings. The number of anilines is 1. The molecule has 0 spiro atoms. The number of hydrogen-bond acceptors (Lipinski definition) is 5. The summed E-state index contributed by atoms with van der Waals surface area (Å²) in [7, 11) is -2.26. The third kappa shape index (κ3) is 5.46. The second kappa shape index (κ2) is 10.2. The highest BCUT2D eigenvalue weighted by Crippen LogP contribution is 2.31. The van der Waals surface area contributed by atoms with E-state index in [4.69, 9.17) is 9.15 Å². The van der Waals surface area contributed by atoms with Gasteiger partial charge in [-0.2, -0.15) is 4.31 Å². The Bertz CT molecular complexity index is 1200. The number of hydrogen-bond donors (Lipinski definition) is 1. The minimum absolute atomic E-state index is 0.0724. The Morgan fingerprint density at radius 1 is 1.03 bits per heavy atom. The maximum Gasteiger partial charge on any atom is 0.246 e. The van der Waals surface area contributed by atoms with Crippen LogP contribution >= 0.6 is 0 Å². The number of aryl methyl sites for hydroxylation is 1. The molecule has 0 bridgehead atoms. The van der Waals surface area contributed by atoms with Crippen LogP contribution in [0.3, 0.4) is 0 Å². The molecule has 8 heteroatoms. The highest BCUT2D eigenvalue weighted by Gasteiger charge is 2.29. The SMILES string of the molecule is COc1ccc(NC(=O)CCc2ccc(-c3ccccc3)o2)cc1S(=O)(=O)N1CCCCC1. The van der Waals surface area contributed by atoms with Crippen molar-refractivity contribution in [3.05, 3.63) is 66.4 Å². The molecule has 1 fully saturated rings. The zero-order valence-corrected chi connectivity index (χ0v) is 19.4. The predicted octanol–water partition coefficient (Wildman–Crippen LogP) is 4.70. The van der Waals surface area contributed by atoms with E-state index in [1.165, 1.54) is 17.5 Å². The van der Waals surface area contributed by atoms with Gasteiger partial charge in [0.05, 0.1) is 7.11 Å². The maximum atomic E-state index is 13.2. The smallest absolute Gasteiger partial charge is 0.246 e. The van der Waals surface area contributed by atoms with Gasteiger partial charge >= 0.3 is 0 Å². The minimum atomic E-state index is -3.70. The van der Waals surface area contributed by atoms with Gasteiger partial charge in [-0.25, -0.2) is 8.42 Å². The number of sulfonamides is 1. The highest BCUT2D eigenvalue weighted by atomic mass is 32.2. The molecule has 1 amide bonds. The maximum absolute atomic E-state index is 13.2. The van der Waals surface area contributed by atoms with Crippen LogP contribution in [0.15, 0.2) is 70.0 Å². The first-order valence-electron chi connectivity index (χ1n) is 11.1. The van der Waals surface area contributed by atoms with Crippen LogP contribution in [0, 0.1) is 0 Å². The number of carbonyl (C=O) groups excluding carboxylic acids is 1. The van der Waals surface area contributed by atoms with Gasteiger partial charge in [0.15, 0.2) is 0 Å². The Labute approximate surface area is 194 Å². The highest BCUT2D eigenvalue weighted by molar-refractivity contribution is 7.89. The molecular weight excluding hydrogens is 440 g/mol. The average Bonchev–Trinajstić information content (AvgIpc) is 3.33. The largest absolute Gasteiger partial charge is 0.495 e. The summed E-state index contributed by atoms with van der Waals surface area (Å²) in [6, 6.07) is 18.2. The fourth-order valence-corrected chi connectivity index (χ4v) is 5.63. The van der Waals surface area contributed by atoms with Gasteiger partial charge < -0.3 is 14.5 Å². The lowest BCUT2D eigenvalue weighted by atomic mass is 10.2. The Morgan fingerprint density at radius 3 is 2.52 bits per heavy atom. The fraction of sp³-hybridized carbons (Fsp3) is 0.320. The molecule has 4 rings (SSSR count). The first-order chi connectivity index (χ1) is 16.0. The average molecular weight is 469 g/mol. The minimum Gasteiger partial charge on any atom is -0.495 e. The van der Waals surface area contributed by atoms with Crippen molar-refractivity contribution in [3.8, 4) is 17.1 Å². The summed E-state index contributed by atoms with van der Waals surface area (Å²) in [6.45, 7) is 0.992. The Morgan fingerprint density at radius 2 is 1.79 bits per heavy atom. The van der Waals surface area contributed by atoms with Gasteiger partial charge in [0, 0.05) is 37.2 Å². The predicted molar refractivity (Wildman–Crippen MR) is 127 cm³/mol. The lowest BCUT2D eigenvalue weighted by molar-refractivity contribution is -0.116. The van der Waals surface area contributed by atoms with Crippen molar-refractivity contribution in [2.24, 2.45) is 0 Å². The van der Waals surface area contributed by atoms with Gasteiger partial charge in [-0.05, 0) is 43.2 Å². The first-order valence-corrected chi connectivity index (χ1v) is 12.5. The molecule has 1 aliphatic heterocycles. The quantitative estimate of drug-likeness (QED) is 0.518. The third-order valence-electron chi connectivity index (χ3n) is 5.70. The van der Waals surface area contributed by atoms with Crippen LogP contribution in [0.2, 0.25) is 0 Å². The van der Waals surface area contributed by atoms with Gasteiger partial charge in [-0.1, -0.05) is 36.8 Å². The molecule has 1 aromatic heterocycles. The van der Waals surface area contributed by atoms with E-state index in [0.717, 1.165) is 30.6 Å². The van der Waals surface area contributed by atoms with Crippen molar-refractivity contribution in [1.29, 1.82) is 0 Å². The fourth-order valence-electron chi connectivity index (χ4n) is 3.93. The normalized spacial score (nSPS) is 14.7. The molecule has 0 aliphatic carbocycles. The monoisotopic (exact) mass is 468 g/mol. The van der Waals surface area contributed by atoms with Gasteiger partial charge in [-0.3, -0.25) is 4.79 Å². The number of carbonyl (C=O) groups is 1. The summed E-state index contributed by atoms with van der Waals surface area (Å²) in [5.74, 6) is 1.52. The third-order valence-corrected chi connectivity index (χ3v) is 7.62. The van der Waals surface area contributed by atoms with Crippen molar-refractivity contribution >= 4 is 21.6 Å². The van der Waals surface area contributed by atoms with Crippen LogP contribution in [0.25, 0.3) is 11.3 Å². The number of ether oxygens (including phenoxy) is 1. The molecular formula is C25H28N2O5S. The topological polar surface area (TPSA) is 88.8 Å². The van der Waals surface area contributed by atoms with E-state index in [1.54, 1.807) is 12.1 Å². The molecule has 0 saturated carbocycles. The van der Waals surface area contributed by atoms with E-state index in [9.17, 15) is 13.2 Å². The number of nitrogens with one attached hydrogen (secondary N) is 1. The van der Waals surface area contributed by atoms with Crippen LogP contribution in [-0.2, 0) is 21.2 Å². The molecule has 1 saturated heterocycles. The second-order valence-corrected chi connectivity index (χ2v) is 9.92. The van der Waals surface area contributed by atoms with Gasteiger partial charge in [0.25, 0.3) is 0 Å². The zero-order chi connectivity index (χ0) is 23.3. The summed E-state index contributed by atoms with van der Waals surface area (Å²) in [6.07, 6.45) is 3.37. The van der Waals surface area contributed by atoms with Crippen molar-refractivity contribution in [2.45, 2.75) is 37.0 Å². The lowest BCUT2D eigenvalue weighted by Gasteiger charge is -2.26. The molecule has 174 valence electrons. The zero-order valence-electron chi connectivity index (χ0n) is 18.6. The number of nitrogens with zero attached hydrogens (tertiary/aromatic N) is 1. The molecule has 0 atom stereocenters. The molecule has 0 unspecified atom stereocenters. The number of rotatable bonds is 8.